The van der Waals surface area contributed by atoms with Crippen molar-refractivity contribution in [3.63, 3.8) is 0 Å². The van der Waals surface area contributed by atoms with Gasteiger partial charge in [0.2, 0.25) is 14.4 Å². The Morgan fingerprint density at radius 3 is 2.17 bits per heavy atom. The van der Waals surface area contributed by atoms with Crippen LogP contribution >= 0.6 is 23.2 Å². The molecular weight excluding hydrogens is 355 g/mol. The molecule has 0 unspecified atom stereocenters. The number of nitriles is 1. The van der Waals surface area contributed by atoms with E-state index in [1.165, 1.54) is 12.1 Å². The predicted molar refractivity (Wildman–Crippen MR) is 90.7 cm³/mol. The van der Waals surface area contributed by atoms with Gasteiger partial charge in [0.25, 0.3) is 0 Å². The molecule has 0 heterocycles. The zero-order chi connectivity index (χ0) is 17.1. The maximum absolute atomic E-state index is 12.6. The van der Waals surface area contributed by atoms with Gasteiger partial charge in [0.15, 0.2) is 0 Å². The summed E-state index contributed by atoms with van der Waals surface area (Å²) in [6, 6.07) is 15.5. The van der Waals surface area contributed by atoms with Crippen molar-refractivity contribution in [2.75, 3.05) is 0 Å². The summed E-state index contributed by atoms with van der Waals surface area (Å²) in [5.41, 5.74) is 1.43. The average Bonchev–Trinajstić information content (AvgIpc) is 2.54. The van der Waals surface area contributed by atoms with Crippen molar-refractivity contribution < 1.29 is 8.42 Å². The summed E-state index contributed by atoms with van der Waals surface area (Å²) in [6.45, 7) is 1.86. The van der Waals surface area contributed by atoms with E-state index in [9.17, 15) is 13.7 Å². The van der Waals surface area contributed by atoms with Gasteiger partial charge < -0.3 is 0 Å². The van der Waals surface area contributed by atoms with E-state index in [0.29, 0.717) is 5.56 Å². The monoisotopic (exact) mass is 368 g/mol. The normalized spacial score (nSPS) is 13.3. The summed E-state index contributed by atoms with van der Waals surface area (Å²) in [6.07, 6.45) is 0. The number of hydrogen-bond donors (Lipinski definition) is 1. The zero-order valence-corrected chi connectivity index (χ0v) is 14.5. The van der Waals surface area contributed by atoms with Crippen molar-refractivity contribution in [1.29, 1.82) is 5.26 Å². The highest BCUT2D eigenvalue weighted by Gasteiger charge is 2.39. The van der Waals surface area contributed by atoms with E-state index in [-0.39, 0.29) is 4.90 Å². The topological polar surface area (TPSA) is 70.0 Å². The first-order valence-corrected chi connectivity index (χ1v) is 8.93. The van der Waals surface area contributed by atoms with Gasteiger partial charge in [-0.15, -0.1) is 0 Å². The second-order valence-corrected chi connectivity index (χ2v) is 8.11. The van der Waals surface area contributed by atoms with Gasteiger partial charge in [0, 0.05) is 0 Å². The molecule has 120 valence electrons. The Morgan fingerprint density at radius 2 is 1.65 bits per heavy atom. The molecule has 2 rings (SSSR count). The highest BCUT2D eigenvalue weighted by atomic mass is 35.5. The molecule has 7 heteroatoms. The Bertz CT molecular complexity index is 813. The number of sulfonamides is 1. The second-order valence-electron chi connectivity index (χ2n) is 5.01. The van der Waals surface area contributed by atoms with Crippen LogP contribution in [0.5, 0.6) is 0 Å². The highest BCUT2D eigenvalue weighted by Crippen LogP contribution is 2.36. The lowest BCUT2D eigenvalue weighted by molar-refractivity contribution is 0.552. The van der Waals surface area contributed by atoms with Crippen LogP contribution in [0.2, 0.25) is 0 Å². The summed E-state index contributed by atoms with van der Waals surface area (Å²) < 4.78 is 25.6. The SMILES string of the molecule is Cc1ccc(S(=O)(=O)N[C@@H](c2ccccc2)C(Cl)(Cl)C#N)cc1. The maximum atomic E-state index is 12.6. The fourth-order valence-corrected chi connectivity index (χ4v) is 3.75. The molecule has 0 radical (unpaired) electrons. The van der Waals surface area contributed by atoms with E-state index in [2.05, 4.69) is 4.72 Å². The zero-order valence-electron chi connectivity index (χ0n) is 12.2. The molecule has 0 aliphatic rings. The van der Waals surface area contributed by atoms with Gasteiger partial charge in [0.1, 0.15) is 6.07 Å². The van der Waals surface area contributed by atoms with Gasteiger partial charge in [-0.1, -0.05) is 71.2 Å². The van der Waals surface area contributed by atoms with Crippen molar-refractivity contribution in [1.82, 2.24) is 4.72 Å². The van der Waals surface area contributed by atoms with Gasteiger partial charge >= 0.3 is 0 Å². The molecule has 4 nitrogen and oxygen atoms in total. The van der Waals surface area contributed by atoms with Gasteiger partial charge in [0.05, 0.1) is 10.9 Å². The van der Waals surface area contributed by atoms with E-state index in [4.69, 9.17) is 23.2 Å². The van der Waals surface area contributed by atoms with Gasteiger partial charge in [-0.05, 0) is 24.6 Å². The molecule has 0 amide bonds. The summed E-state index contributed by atoms with van der Waals surface area (Å²) >= 11 is 12.0. The van der Waals surface area contributed by atoms with Crippen LogP contribution in [0.3, 0.4) is 0 Å². The molecule has 0 saturated heterocycles. The molecule has 0 saturated carbocycles. The molecule has 23 heavy (non-hydrogen) atoms. The van der Waals surface area contributed by atoms with Crippen molar-refractivity contribution in [2.24, 2.45) is 0 Å². The number of hydrogen-bond acceptors (Lipinski definition) is 3. The van der Waals surface area contributed by atoms with Crippen LogP contribution in [0, 0.1) is 18.3 Å². The van der Waals surface area contributed by atoms with Crippen LogP contribution in [0.15, 0.2) is 59.5 Å². The standard InChI is InChI=1S/C16H14Cl2N2O2S/c1-12-7-9-14(10-8-12)23(21,22)20-15(16(17,18)11-19)13-5-3-2-4-6-13/h2-10,15,20H,1H3/t15-/m0/s1. The molecule has 0 spiro atoms. The van der Waals surface area contributed by atoms with Crippen LogP contribution in [0.25, 0.3) is 0 Å². The molecule has 1 N–H and O–H groups in total. The number of aryl methyl sites for hydroxylation is 1. The smallest absolute Gasteiger partial charge is 0.207 e. The van der Waals surface area contributed by atoms with Crippen molar-refractivity contribution in [3.05, 3.63) is 65.7 Å². The van der Waals surface area contributed by atoms with Crippen LogP contribution < -0.4 is 4.72 Å². The largest absolute Gasteiger partial charge is 0.241 e. The first-order chi connectivity index (χ1) is 10.8. The summed E-state index contributed by atoms with van der Waals surface area (Å²) in [4.78, 5) is 0.0751. The Kier molecular flexibility index (Phi) is 5.33. The lowest BCUT2D eigenvalue weighted by Crippen LogP contribution is -2.38. The summed E-state index contributed by atoms with van der Waals surface area (Å²) in [5, 5.41) is 9.18. The van der Waals surface area contributed by atoms with Crippen molar-refractivity contribution in [3.8, 4) is 6.07 Å². The number of nitrogens with zero attached hydrogens (tertiary/aromatic N) is 1. The van der Waals surface area contributed by atoms with E-state index in [0.717, 1.165) is 5.56 Å². The molecule has 2 aromatic rings. The number of benzene rings is 2. The average molecular weight is 369 g/mol. The van der Waals surface area contributed by atoms with Crippen LogP contribution in [-0.2, 0) is 10.0 Å². The van der Waals surface area contributed by atoms with Crippen molar-refractivity contribution >= 4 is 33.2 Å². The lowest BCUT2D eigenvalue weighted by Gasteiger charge is -2.25. The molecule has 0 aromatic heterocycles. The number of alkyl halides is 2. The third-order valence-electron chi connectivity index (χ3n) is 3.25. The fourth-order valence-electron chi connectivity index (χ4n) is 2.00. The molecule has 0 aliphatic heterocycles. The van der Waals surface area contributed by atoms with E-state index in [1.807, 2.05) is 6.92 Å². The minimum absolute atomic E-state index is 0.0751. The summed E-state index contributed by atoms with van der Waals surface area (Å²) in [7, 11) is -3.89. The van der Waals surface area contributed by atoms with Crippen LogP contribution in [-0.4, -0.2) is 12.8 Å². The maximum Gasteiger partial charge on any atom is 0.241 e. The molecule has 0 bridgehead atoms. The van der Waals surface area contributed by atoms with Crippen LogP contribution in [0.4, 0.5) is 0 Å². The molecule has 0 aliphatic carbocycles. The molecule has 2 aromatic carbocycles. The molecule has 0 fully saturated rings. The van der Waals surface area contributed by atoms with Crippen molar-refractivity contribution in [2.45, 2.75) is 22.2 Å². The molecular formula is C16H14Cl2N2O2S. The first kappa shape index (κ1) is 17.8. The Hall–Kier alpha value is -1.58. The Balaban J connectivity index is 2.42. The highest BCUT2D eigenvalue weighted by molar-refractivity contribution is 7.89. The molecule has 1 atom stereocenters. The van der Waals surface area contributed by atoms with Gasteiger partial charge in [-0.3, -0.25) is 0 Å². The number of rotatable bonds is 5. The van der Waals surface area contributed by atoms with E-state index < -0.39 is 20.4 Å². The van der Waals surface area contributed by atoms with E-state index >= 15 is 0 Å². The first-order valence-electron chi connectivity index (χ1n) is 6.69. The fraction of sp³-hybridized carbons (Fsp3) is 0.188. The number of nitrogens with one attached hydrogen (secondary N) is 1. The Morgan fingerprint density at radius 1 is 1.09 bits per heavy atom. The quantitative estimate of drug-likeness (QED) is 0.817. The minimum Gasteiger partial charge on any atom is -0.207 e. The number of halogens is 2. The second kappa shape index (κ2) is 6.90. The van der Waals surface area contributed by atoms with Gasteiger partial charge in [-0.2, -0.15) is 9.98 Å². The Labute approximate surface area is 145 Å². The van der Waals surface area contributed by atoms with Crippen LogP contribution in [0.1, 0.15) is 17.2 Å². The lowest BCUT2D eigenvalue weighted by atomic mass is 10.1. The predicted octanol–water partition coefficient (Wildman–Crippen LogP) is 3.71. The van der Waals surface area contributed by atoms with E-state index in [1.54, 1.807) is 48.5 Å². The third-order valence-corrected chi connectivity index (χ3v) is 5.29. The summed E-state index contributed by atoms with van der Waals surface area (Å²) in [5.74, 6) is 0. The third kappa shape index (κ3) is 4.24. The van der Waals surface area contributed by atoms with Gasteiger partial charge in [-0.25, -0.2) is 8.42 Å². The minimum atomic E-state index is -3.89.